The summed E-state index contributed by atoms with van der Waals surface area (Å²) < 4.78 is 63.4. The maximum atomic E-state index is 12.6. The van der Waals surface area contributed by atoms with Gasteiger partial charge in [0.05, 0.1) is 0 Å². The average molecular weight is 342 g/mol. The highest BCUT2D eigenvalue weighted by atomic mass is 32.2. The number of halogens is 3. The predicted octanol–water partition coefficient (Wildman–Crippen LogP) is 2.49. The van der Waals surface area contributed by atoms with Crippen molar-refractivity contribution >= 4 is 21.4 Å². The van der Waals surface area contributed by atoms with Crippen LogP contribution in [0.5, 0.6) is 0 Å². The Morgan fingerprint density at radius 3 is 2.52 bits per heavy atom. The first kappa shape index (κ1) is 16.7. The third kappa shape index (κ3) is 3.97. The zero-order chi connectivity index (χ0) is 15.8. The van der Waals surface area contributed by atoms with Gasteiger partial charge in [-0.1, -0.05) is 0 Å². The van der Waals surface area contributed by atoms with Gasteiger partial charge in [-0.2, -0.15) is 17.5 Å². The molecule has 0 amide bonds. The fourth-order valence-corrected chi connectivity index (χ4v) is 5.42. The Kier molecular flexibility index (Phi) is 4.67. The summed E-state index contributed by atoms with van der Waals surface area (Å²) >= 11 is 1.03. The van der Waals surface area contributed by atoms with Crippen molar-refractivity contribution in [2.75, 3.05) is 13.6 Å². The zero-order valence-corrected chi connectivity index (χ0v) is 13.3. The summed E-state index contributed by atoms with van der Waals surface area (Å²) in [6.45, 7) is 0.834. The monoisotopic (exact) mass is 342 g/mol. The van der Waals surface area contributed by atoms with E-state index in [0.717, 1.165) is 21.8 Å². The Balaban J connectivity index is 2.32. The standard InChI is InChI=1S/C12H17F3N2O2S2/c1-8-5-11(20-10(8)6-16-2)21(18,19)17(9-3-4-9)7-12(13,14)15/h5,9,16H,3-4,6-7H2,1-2H3. The van der Waals surface area contributed by atoms with Gasteiger partial charge in [0.1, 0.15) is 10.8 Å². The molecule has 0 saturated heterocycles. The van der Waals surface area contributed by atoms with Crippen molar-refractivity contribution in [1.29, 1.82) is 0 Å². The lowest BCUT2D eigenvalue weighted by molar-refractivity contribution is -0.136. The van der Waals surface area contributed by atoms with Gasteiger partial charge in [-0.3, -0.25) is 0 Å². The second-order valence-corrected chi connectivity index (χ2v) is 8.35. The Morgan fingerprint density at radius 2 is 2.05 bits per heavy atom. The molecule has 1 saturated carbocycles. The zero-order valence-electron chi connectivity index (χ0n) is 11.7. The maximum Gasteiger partial charge on any atom is 0.402 e. The molecule has 2 rings (SSSR count). The first-order valence-corrected chi connectivity index (χ1v) is 8.73. The molecule has 0 atom stereocenters. The van der Waals surface area contributed by atoms with Gasteiger partial charge in [-0.15, -0.1) is 11.3 Å². The lowest BCUT2D eigenvalue weighted by Gasteiger charge is -2.22. The molecular formula is C12H17F3N2O2S2. The van der Waals surface area contributed by atoms with Crippen LogP contribution in [0.3, 0.4) is 0 Å². The lowest BCUT2D eigenvalue weighted by atomic mass is 10.3. The Bertz CT molecular complexity index is 607. The van der Waals surface area contributed by atoms with Crippen LogP contribution >= 0.6 is 11.3 Å². The maximum absolute atomic E-state index is 12.6. The summed E-state index contributed by atoms with van der Waals surface area (Å²) in [6, 6.07) is 0.935. The van der Waals surface area contributed by atoms with E-state index < -0.39 is 28.8 Å². The van der Waals surface area contributed by atoms with Crippen LogP contribution in [-0.2, 0) is 16.6 Å². The SMILES string of the molecule is CNCc1sc(S(=O)(=O)N(CC(F)(F)F)C2CC2)cc1C. The number of sulfonamides is 1. The molecule has 1 heterocycles. The van der Waals surface area contributed by atoms with Crippen LogP contribution in [0.4, 0.5) is 13.2 Å². The molecule has 9 heteroatoms. The van der Waals surface area contributed by atoms with E-state index in [1.807, 2.05) is 0 Å². The Morgan fingerprint density at radius 1 is 1.43 bits per heavy atom. The van der Waals surface area contributed by atoms with Crippen LogP contribution in [0.25, 0.3) is 0 Å². The molecule has 1 aromatic rings. The van der Waals surface area contributed by atoms with Crippen molar-refractivity contribution < 1.29 is 21.6 Å². The van der Waals surface area contributed by atoms with Crippen molar-refractivity contribution in [2.45, 2.75) is 42.7 Å². The minimum atomic E-state index is -4.53. The first-order chi connectivity index (χ1) is 9.65. The van der Waals surface area contributed by atoms with E-state index >= 15 is 0 Å². The van der Waals surface area contributed by atoms with Crippen molar-refractivity contribution in [2.24, 2.45) is 0 Å². The second kappa shape index (κ2) is 5.86. The van der Waals surface area contributed by atoms with E-state index in [1.54, 1.807) is 14.0 Å². The summed E-state index contributed by atoms with van der Waals surface area (Å²) in [5, 5.41) is 2.91. The van der Waals surface area contributed by atoms with Gasteiger partial charge in [0.15, 0.2) is 0 Å². The number of nitrogens with one attached hydrogen (secondary N) is 1. The summed E-state index contributed by atoms with van der Waals surface area (Å²) in [5.74, 6) is 0. The van der Waals surface area contributed by atoms with E-state index in [1.165, 1.54) is 6.07 Å². The van der Waals surface area contributed by atoms with Gasteiger partial charge in [-0.25, -0.2) is 8.42 Å². The number of thiophene rings is 1. The molecule has 0 aliphatic heterocycles. The van der Waals surface area contributed by atoms with Gasteiger partial charge in [0.2, 0.25) is 0 Å². The molecule has 1 N–H and O–H groups in total. The van der Waals surface area contributed by atoms with E-state index in [-0.39, 0.29) is 4.21 Å². The second-order valence-electron chi connectivity index (χ2n) is 5.10. The third-order valence-corrected chi connectivity index (χ3v) is 6.77. The highest BCUT2D eigenvalue weighted by molar-refractivity contribution is 7.91. The molecule has 1 aliphatic carbocycles. The lowest BCUT2D eigenvalue weighted by Crippen LogP contribution is -2.40. The van der Waals surface area contributed by atoms with E-state index in [4.69, 9.17) is 0 Å². The molecule has 21 heavy (non-hydrogen) atoms. The molecule has 0 radical (unpaired) electrons. The highest BCUT2D eigenvalue weighted by Crippen LogP contribution is 2.37. The first-order valence-electron chi connectivity index (χ1n) is 6.47. The molecule has 0 bridgehead atoms. The normalized spacial score (nSPS) is 16.7. The van der Waals surface area contributed by atoms with Gasteiger partial charge in [-0.05, 0) is 38.4 Å². The molecule has 0 spiro atoms. The van der Waals surface area contributed by atoms with E-state index in [9.17, 15) is 21.6 Å². The van der Waals surface area contributed by atoms with Crippen molar-refractivity contribution in [3.05, 3.63) is 16.5 Å². The van der Waals surface area contributed by atoms with Gasteiger partial charge < -0.3 is 5.32 Å². The quantitative estimate of drug-likeness (QED) is 0.864. The van der Waals surface area contributed by atoms with E-state index in [2.05, 4.69) is 5.32 Å². The number of hydrogen-bond donors (Lipinski definition) is 1. The predicted molar refractivity (Wildman–Crippen MR) is 74.8 cm³/mol. The molecule has 1 fully saturated rings. The van der Waals surface area contributed by atoms with Gasteiger partial charge in [0, 0.05) is 17.5 Å². The molecule has 120 valence electrons. The smallest absolute Gasteiger partial charge is 0.315 e. The molecule has 1 aliphatic rings. The summed E-state index contributed by atoms with van der Waals surface area (Å²) in [7, 11) is -2.36. The van der Waals surface area contributed by atoms with Crippen LogP contribution < -0.4 is 5.32 Å². The molecule has 0 aromatic carbocycles. The Labute approximate surface area is 126 Å². The molecule has 0 unspecified atom stereocenters. The molecule has 1 aromatic heterocycles. The highest BCUT2D eigenvalue weighted by Gasteiger charge is 2.45. The van der Waals surface area contributed by atoms with E-state index in [0.29, 0.717) is 23.7 Å². The average Bonchev–Trinajstić information content (AvgIpc) is 3.11. The van der Waals surface area contributed by atoms with Gasteiger partial charge >= 0.3 is 6.18 Å². The number of nitrogens with zero attached hydrogens (tertiary/aromatic N) is 1. The van der Waals surface area contributed by atoms with Crippen LogP contribution in [0.2, 0.25) is 0 Å². The van der Waals surface area contributed by atoms with Crippen LogP contribution in [0.1, 0.15) is 23.3 Å². The fraction of sp³-hybridized carbons (Fsp3) is 0.667. The summed E-state index contributed by atoms with van der Waals surface area (Å²) in [6.07, 6.45) is -3.55. The number of rotatable bonds is 6. The summed E-state index contributed by atoms with van der Waals surface area (Å²) in [5.41, 5.74) is 0.774. The minimum absolute atomic E-state index is 0.0126. The number of hydrogen-bond acceptors (Lipinski definition) is 4. The molecule has 4 nitrogen and oxygen atoms in total. The molecular weight excluding hydrogens is 325 g/mol. The van der Waals surface area contributed by atoms with Crippen molar-refractivity contribution in [3.63, 3.8) is 0 Å². The van der Waals surface area contributed by atoms with Crippen LogP contribution in [0.15, 0.2) is 10.3 Å². The minimum Gasteiger partial charge on any atom is -0.315 e. The topological polar surface area (TPSA) is 49.4 Å². The third-order valence-electron chi connectivity index (χ3n) is 3.19. The van der Waals surface area contributed by atoms with Crippen LogP contribution in [0, 0.1) is 6.92 Å². The largest absolute Gasteiger partial charge is 0.402 e. The number of aryl methyl sites for hydroxylation is 1. The van der Waals surface area contributed by atoms with Crippen molar-refractivity contribution in [1.82, 2.24) is 9.62 Å². The van der Waals surface area contributed by atoms with Crippen molar-refractivity contribution in [3.8, 4) is 0 Å². The van der Waals surface area contributed by atoms with Crippen LogP contribution in [-0.4, -0.2) is 38.5 Å². The number of alkyl halides is 3. The van der Waals surface area contributed by atoms with Gasteiger partial charge in [0.25, 0.3) is 10.0 Å². The fourth-order valence-electron chi connectivity index (χ4n) is 2.02. The summed E-state index contributed by atoms with van der Waals surface area (Å²) in [4.78, 5) is 0.818. The Hall–Kier alpha value is -0.640.